The number of Topliss-reactive ketones (excluding diaryl/α,β-unsaturated/α-hetero) is 1. The molecule has 1 aromatic rings. The fourth-order valence-corrected chi connectivity index (χ4v) is 2.11. The first-order chi connectivity index (χ1) is 7.76. The van der Waals surface area contributed by atoms with Crippen molar-refractivity contribution in [2.75, 3.05) is 12.8 Å². The van der Waals surface area contributed by atoms with Crippen LogP contribution in [0.1, 0.15) is 0 Å². The summed E-state index contributed by atoms with van der Waals surface area (Å²) in [6, 6.07) is 4.38. The summed E-state index contributed by atoms with van der Waals surface area (Å²) in [5.41, 5.74) is 0. The van der Waals surface area contributed by atoms with Gasteiger partial charge in [0.25, 0.3) is 0 Å². The van der Waals surface area contributed by atoms with E-state index < -0.39 is 26.1 Å². The maximum Gasteiger partial charge on any atom is 0.333 e. The zero-order valence-electron chi connectivity index (χ0n) is 8.47. The predicted molar refractivity (Wildman–Crippen MR) is 63.9 cm³/mol. The Hall–Kier alpha value is -0.580. The van der Waals surface area contributed by atoms with E-state index in [2.05, 4.69) is 0 Å². The second-order valence-electron chi connectivity index (χ2n) is 3.26. The van der Waals surface area contributed by atoms with Crippen molar-refractivity contribution in [3.63, 3.8) is 0 Å². The normalized spacial score (nSPS) is 11.3. The molecule has 0 fully saturated rings. The molecule has 0 heterocycles. The number of carbonyl (C=O) groups excluding carboxylic acids is 1. The smallest absolute Gasteiger partial charge is 0.333 e. The third-order valence-electron chi connectivity index (χ3n) is 1.62. The van der Waals surface area contributed by atoms with Crippen LogP contribution in [0.3, 0.4) is 0 Å². The molecule has 5 nitrogen and oxygen atoms in total. The molecule has 0 unspecified atom stereocenters. The third kappa shape index (κ3) is 6.05. The zero-order valence-corrected chi connectivity index (χ0v) is 10.9. The number of hydrogen-bond acceptors (Lipinski definition) is 3. The molecule has 1 aromatic carbocycles. The van der Waals surface area contributed by atoms with Crippen LogP contribution in [0.4, 0.5) is 0 Å². The summed E-state index contributed by atoms with van der Waals surface area (Å²) in [5, 5.41) is 0.685. The van der Waals surface area contributed by atoms with Crippen molar-refractivity contribution in [1.29, 1.82) is 0 Å². The zero-order chi connectivity index (χ0) is 13.1. The lowest BCUT2D eigenvalue weighted by Gasteiger charge is -2.07. The highest BCUT2D eigenvalue weighted by molar-refractivity contribution is 7.52. The Morgan fingerprint density at radius 3 is 2.24 bits per heavy atom. The van der Waals surface area contributed by atoms with E-state index in [1.807, 2.05) is 0 Å². The highest BCUT2D eigenvalue weighted by Gasteiger charge is 2.19. The molecular weight excluding hydrogens is 290 g/mol. The van der Waals surface area contributed by atoms with Crippen molar-refractivity contribution in [3.05, 3.63) is 28.2 Å². The van der Waals surface area contributed by atoms with Crippen LogP contribution in [0, 0.1) is 0 Å². The monoisotopic (exact) mass is 298 g/mol. The summed E-state index contributed by atoms with van der Waals surface area (Å²) >= 11 is 11.4. The number of ether oxygens (including phenoxy) is 1. The Labute approximate surface area is 107 Å². The molecule has 0 aromatic heterocycles. The van der Waals surface area contributed by atoms with Crippen LogP contribution in [-0.2, 0) is 9.36 Å². The molecule has 8 heteroatoms. The van der Waals surface area contributed by atoms with Gasteiger partial charge in [-0.25, -0.2) is 0 Å². The molecule has 0 spiro atoms. The van der Waals surface area contributed by atoms with Crippen LogP contribution in [0.15, 0.2) is 18.2 Å². The molecule has 0 saturated heterocycles. The van der Waals surface area contributed by atoms with Crippen LogP contribution in [-0.4, -0.2) is 28.3 Å². The second-order valence-corrected chi connectivity index (χ2v) is 5.77. The van der Waals surface area contributed by atoms with E-state index in [1.54, 1.807) is 0 Å². The summed E-state index contributed by atoms with van der Waals surface area (Å²) in [6.07, 6.45) is -0.846. The minimum Gasteiger partial charge on any atom is -0.486 e. The average molecular weight is 299 g/mol. The van der Waals surface area contributed by atoms with Crippen molar-refractivity contribution in [2.24, 2.45) is 0 Å². The summed E-state index contributed by atoms with van der Waals surface area (Å²) < 4.78 is 15.6. The van der Waals surface area contributed by atoms with Gasteiger partial charge in [-0.2, -0.15) is 0 Å². The fourth-order valence-electron chi connectivity index (χ4n) is 1.05. The van der Waals surface area contributed by atoms with Gasteiger partial charge < -0.3 is 14.5 Å². The van der Waals surface area contributed by atoms with Gasteiger partial charge in [-0.15, -0.1) is 0 Å². The molecule has 17 heavy (non-hydrogen) atoms. The van der Waals surface area contributed by atoms with Crippen LogP contribution >= 0.6 is 30.8 Å². The van der Waals surface area contributed by atoms with Gasteiger partial charge in [-0.3, -0.25) is 9.36 Å². The van der Waals surface area contributed by atoms with Gasteiger partial charge >= 0.3 is 7.60 Å². The molecular formula is C9H9Cl2O5P. The quantitative estimate of drug-likeness (QED) is 0.814. The molecule has 0 aliphatic rings. The molecule has 0 saturated carbocycles. The lowest BCUT2D eigenvalue weighted by molar-refractivity contribution is -0.118. The topological polar surface area (TPSA) is 83.8 Å². The van der Waals surface area contributed by atoms with E-state index >= 15 is 0 Å². The first kappa shape index (κ1) is 14.5. The molecule has 0 radical (unpaired) electrons. The lowest BCUT2D eigenvalue weighted by Crippen LogP contribution is -2.15. The number of benzene rings is 1. The highest BCUT2D eigenvalue weighted by Crippen LogP contribution is 2.33. The van der Waals surface area contributed by atoms with Crippen molar-refractivity contribution in [1.82, 2.24) is 0 Å². The number of ketones is 1. The van der Waals surface area contributed by atoms with Gasteiger partial charge in [0.15, 0.2) is 5.78 Å². The van der Waals surface area contributed by atoms with Crippen molar-refractivity contribution in [3.8, 4) is 5.75 Å². The van der Waals surface area contributed by atoms with Crippen LogP contribution < -0.4 is 4.74 Å². The third-order valence-corrected chi connectivity index (χ3v) is 2.82. The van der Waals surface area contributed by atoms with Crippen LogP contribution in [0.5, 0.6) is 5.75 Å². The number of halogens is 2. The van der Waals surface area contributed by atoms with E-state index in [0.29, 0.717) is 10.0 Å². The van der Waals surface area contributed by atoms with Gasteiger partial charge in [-0.05, 0) is 18.2 Å². The summed E-state index contributed by atoms with van der Waals surface area (Å²) in [6.45, 7) is -0.443. The second kappa shape index (κ2) is 5.85. The maximum atomic E-state index is 11.1. The molecule has 0 aliphatic heterocycles. The molecule has 94 valence electrons. The first-order valence-electron chi connectivity index (χ1n) is 4.41. The first-order valence-corrected chi connectivity index (χ1v) is 6.97. The Morgan fingerprint density at radius 1 is 1.24 bits per heavy atom. The van der Waals surface area contributed by atoms with E-state index in [-0.39, 0.29) is 5.75 Å². The fraction of sp³-hybridized carbons (Fsp3) is 0.222. The molecule has 0 atom stereocenters. The molecule has 0 aliphatic carbocycles. The maximum absolute atomic E-state index is 11.1. The van der Waals surface area contributed by atoms with Gasteiger partial charge in [0.1, 0.15) is 18.5 Å². The number of rotatable bonds is 5. The van der Waals surface area contributed by atoms with Crippen LogP contribution in [0.25, 0.3) is 0 Å². The largest absolute Gasteiger partial charge is 0.486 e. The van der Waals surface area contributed by atoms with E-state index in [4.69, 9.17) is 37.7 Å². The average Bonchev–Trinajstić information content (AvgIpc) is 2.10. The molecule has 2 N–H and O–H groups in total. The van der Waals surface area contributed by atoms with Crippen molar-refractivity contribution < 1.29 is 23.9 Å². The van der Waals surface area contributed by atoms with Gasteiger partial charge in [0, 0.05) is 10.0 Å². The highest BCUT2D eigenvalue weighted by atomic mass is 35.5. The Bertz CT molecular complexity index is 450. The summed E-state index contributed by atoms with van der Waals surface area (Å²) in [4.78, 5) is 28.3. The van der Waals surface area contributed by atoms with Gasteiger partial charge in [-0.1, -0.05) is 23.2 Å². The minimum atomic E-state index is -4.34. The van der Waals surface area contributed by atoms with Gasteiger partial charge in [0.2, 0.25) is 0 Å². The number of carbonyl (C=O) groups is 1. The standard InChI is InChI=1S/C9H9Cl2O5P/c10-6-1-7(11)3-9(2-6)16-4-8(12)5-17(13,14)15/h1-3H,4-5H2,(H2,13,14,15). The Kier molecular flexibility index (Phi) is 4.98. The van der Waals surface area contributed by atoms with E-state index in [9.17, 15) is 9.36 Å². The molecule has 0 amide bonds. The Morgan fingerprint density at radius 2 is 1.76 bits per heavy atom. The van der Waals surface area contributed by atoms with E-state index in [1.165, 1.54) is 18.2 Å². The van der Waals surface area contributed by atoms with Crippen LogP contribution in [0.2, 0.25) is 10.0 Å². The minimum absolute atomic E-state index is 0.265. The van der Waals surface area contributed by atoms with E-state index in [0.717, 1.165) is 0 Å². The van der Waals surface area contributed by atoms with Gasteiger partial charge in [0.05, 0.1) is 0 Å². The lowest BCUT2D eigenvalue weighted by atomic mass is 10.3. The summed E-state index contributed by atoms with van der Waals surface area (Å²) in [7, 11) is -4.34. The molecule has 1 rings (SSSR count). The Balaban J connectivity index is 2.56. The predicted octanol–water partition coefficient (Wildman–Crippen LogP) is 2.12. The number of hydrogen-bond donors (Lipinski definition) is 2. The summed E-state index contributed by atoms with van der Waals surface area (Å²) in [5.74, 6) is -0.434. The van der Waals surface area contributed by atoms with Crippen molar-refractivity contribution >= 4 is 36.6 Å². The SMILES string of the molecule is O=C(COc1cc(Cl)cc(Cl)c1)CP(=O)(O)O. The molecule has 0 bridgehead atoms. The van der Waals surface area contributed by atoms with Crippen molar-refractivity contribution in [2.45, 2.75) is 0 Å².